The maximum absolute atomic E-state index is 11.7. The molecule has 0 aromatic heterocycles. The topological polar surface area (TPSA) is 47.3 Å². The molecular formula is C9H15N3OS. The molecule has 0 amide bonds. The fourth-order valence-corrected chi connectivity index (χ4v) is 1.87. The van der Waals surface area contributed by atoms with Gasteiger partial charge in [-0.15, -0.1) is 13.2 Å². The molecule has 0 saturated heterocycles. The van der Waals surface area contributed by atoms with Gasteiger partial charge in [0.1, 0.15) is 0 Å². The monoisotopic (exact) mass is 213 g/mol. The van der Waals surface area contributed by atoms with E-state index in [9.17, 15) is 4.21 Å². The van der Waals surface area contributed by atoms with Gasteiger partial charge in [0.25, 0.3) is 0 Å². The van der Waals surface area contributed by atoms with Gasteiger partial charge in [-0.1, -0.05) is 12.2 Å². The normalized spacial score (nSPS) is 12.4. The van der Waals surface area contributed by atoms with Gasteiger partial charge in [0.05, 0.1) is 12.6 Å². The summed E-state index contributed by atoms with van der Waals surface area (Å²) in [5, 5.41) is 8.44. The lowest BCUT2D eigenvalue weighted by atomic mass is 10.5. The van der Waals surface area contributed by atoms with Crippen LogP contribution in [0.1, 0.15) is 0 Å². The van der Waals surface area contributed by atoms with Crippen molar-refractivity contribution in [3.8, 4) is 6.07 Å². The average Bonchev–Trinajstić information content (AvgIpc) is 2.17. The summed E-state index contributed by atoms with van der Waals surface area (Å²) >= 11 is -1.30. The maximum atomic E-state index is 11.7. The Balaban J connectivity index is 4.34. The van der Waals surface area contributed by atoms with Crippen molar-refractivity contribution in [3.05, 3.63) is 25.3 Å². The molecule has 0 aromatic carbocycles. The predicted molar refractivity (Wildman–Crippen MR) is 58.4 cm³/mol. The maximum Gasteiger partial charge on any atom is 0.173 e. The van der Waals surface area contributed by atoms with E-state index in [1.165, 1.54) is 4.31 Å². The van der Waals surface area contributed by atoms with Crippen LogP contribution in [0.3, 0.4) is 0 Å². The first-order chi connectivity index (χ1) is 6.67. The molecule has 0 spiro atoms. The largest absolute Gasteiger partial charge is 0.225 e. The molecule has 5 heteroatoms. The van der Waals surface area contributed by atoms with E-state index in [2.05, 4.69) is 13.2 Å². The number of hydrogen-bond donors (Lipinski definition) is 0. The van der Waals surface area contributed by atoms with Gasteiger partial charge in [0.15, 0.2) is 11.2 Å². The molecule has 0 saturated carbocycles. The first kappa shape index (κ1) is 13.0. The highest BCUT2D eigenvalue weighted by Crippen LogP contribution is 2.00. The molecule has 0 aliphatic rings. The Bertz CT molecular complexity index is 249. The van der Waals surface area contributed by atoms with E-state index in [1.54, 1.807) is 23.5 Å². The van der Waals surface area contributed by atoms with Gasteiger partial charge in [0.2, 0.25) is 0 Å². The standard InChI is InChI=1S/C9H15N3OS/c1-4-7-12(8-5-2)14(13)11(3)9-6-10/h4-5H,1-2,7-9H2,3H3. The highest BCUT2D eigenvalue weighted by molar-refractivity contribution is 7.80. The molecule has 78 valence electrons. The molecule has 4 nitrogen and oxygen atoms in total. The summed E-state index contributed by atoms with van der Waals surface area (Å²) in [5.74, 6) is 0. The summed E-state index contributed by atoms with van der Waals surface area (Å²) in [6.07, 6.45) is 3.34. The number of hydrogen-bond acceptors (Lipinski definition) is 2. The number of nitriles is 1. The number of rotatable bonds is 7. The van der Waals surface area contributed by atoms with Gasteiger partial charge in [0, 0.05) is 20.1 Å². The van der Waals surface area contributed by atoms with Crippen molar-refractivity contribution in [1.29, 1.82) is 5.26 Å². The molecule has 1 atom stereocenters. The van der Waals surface area contributed by atoms with E-state index < -0.39 is 11.2 Å². The predicted octanol–water partition coefficient (Wildman–Crippen LogP) is 0.694. The van der Waals surface area contributed by atoms with Crippen LogP contribution in [-0.4, -0.2) is 39.5 Å². The summed E-state index contributed by atoms with van der Waals surface area (Å²) in [7, 11) is 1.64. The van der Waals surface area contributed by atoms with Crippen LogP contribution in [0, 0.1) is 11.3 Å². The third-order valence-electron chi connectivity index (χ3n) is 1.45. The molecule has 0 rings (SSSR count). The molecule has 0 bridgehead atoms. The van der Waals surface area contributed by atoms with E-state index in [4.69, 9.17) is 5.26 Å². The van der Waals surface area contributed by atoms with E-state index in [0.29, 0.717) is 13.1 Å². The Morgan fingerprint density at radius 3 is 2.29 bits per heavy atom. The lowest BCUT2D eigenvalue weighted by molar-refractivity contribution is 0.468. The van der Waals surface area contributed by atoms with E-state index in [1.807, 2.05) is 6.07 Å². The third-order valence-corrected chi connectivity index (χ3v) is 2.85. The zero-order valence-electron chi connectivity index (χ0n) is 8.35. The highest BCUT2D eigenvalue weighted by atomic mass is 32.2. The second-order valence-electron chi connectivity index (χ2n) is 2.60. The van der Waals surface area contributed by atoms with Crippen LogP contribution in [-0.2, 0) is 11.2 Å². The number of nitrogens with zero attached hydrogens (tertiary/aromatic N) is 3. The molecule has 0 fully saturated rings. The van der Waals surface area contributed by atoms with Crippen LogP contribution in [0.15, 0.2) is 25.3 Å². The van der Waals surface area contributed by atoms with Crippen molar-refractivity contribution in [2.45, 2.75) is 0 Å². The second kappa shape index (κ2) is 7.44. The van der Waals surface area contributed by atoms with Crippen molar-refractivity contribution in [3.63, 3.8) is 0 Å². The van der Waals surface area contributed by atoms with Crippen molar-refractivity contribution in [2.24, 2.45) is 0 Å². The summed E-state index contributed by atoms with van der Waals surface area (Å²) in [6, 6.07) is 1.94. The molecular weight excluding hydrogens is 198 g/mol. The van der Waals surface area contributed by atoms with Gasteiger partial charge in [-0.25, -0.2) is 12.8 Å². The fourth-order valence-electron chi connectivity index (χ4n) is 0.842. The summed E-state index contributed by atoms with van der Waals surface area (Å²) in [5.41, 5.74) is 0. The van der Waals surface area contributed by atoms with Crippen molar-refractivity contribution in [2.75, 3.05) is 26.7 Å². The van der Waals surface area contributed by atoms with Gasteiger partial charge < -0.3 is 0 Å². The van der Waals surface area contributed by atoms with Crippen molar-refractivity contribution >= 4 is 11.2 Å². The quantitative estimate of drug-likeness (QED) is 0.461. The molecule has 0 aliphatic heterocycles. The smallest absolute Gasteiger partial charge is 0.173 e. The second-order valence-corrected chi connectivity index (χ2v) is 4.20. The van der Waals surface area contributed by atoms with Crippen molar-refractivity contribution in [1.82, 2.24) is 8.61 Å². The van der Waals surface area contributed by atoms with E-state index >= 15 is 0 Å². The Morgan fingerprint density at radius 2 is 1.93 bits per heavy atom. The Hall–Kier alpha value is -0.960. The SMILES string of the molecule is C=CCN(CC=C)S(=O)N(C)CC#N. The molecule has 0 radical (unpaired) electrons. The van der Waals surface area contributed by atoms with Crippen LogP contribution in [0.5, 0.6) is 0 Å². The van der Waals surface area contributed by atoms with Gasteiger partial charge >= 0.3 is 0 Å². The minimum absolute atomic E-state index is 0.136. The average molecular weight is 213 g/mol. The molecule has 0 aromatic rings. The third kappa shape index (κ3) is 4.33. The summed E-state index contributed by atoms with van der Waals surface area (Å²) < 4.78 is 14.9. The van der Waals surface area contributed by atoms with Gasteiger partial charge in [-0.2, -0.15) is 5.26 Å². The minimum Gasteiger partial charge on any atom is -0.225 e. The zero-order valence-corrected chi connectivity index (χ0v) is 9.16. The van der Waals surface area contributed by atoms with Crippen LogP contribution in [0.2, 0.25) is 0 Å². The van der Waals surface area contributed by atoms with Crippen LogP contribution in [0.4, 0.5) is 0 Å². The molecule has 1 unspecified atom stereocenters. The van der Waals surface area contributed by atoms with E-state index in [0.717, 1.165) is 0 Å². The van der Waals surface area contributed by atoms with Gasteiger partial charge in [-0.3, -0.25) is 0 Å². The molecule has 14 heavy (non-hydrogen) atoms. The minimum atomic E-state index is -1.30. The van der Waals surface area contributed by atoms with Crippen LogP contribution < -0.4 is 0 Å². The summed E-state index contributed by atoms with van der Waals surface area (Å²) in [4.78, 5) is 0. The first-order valence-corrected chi connectivity index (χ1v) is 5.20. The van der Waals surface area contributed by atoms with Crippen molar-refractivity contribution < 1.29 is 4.21 Å². The first-order valence-electron chi connectivity index (χ1n) is 4.14. The van der Waals surface area contributed by atoms with E-state index in [-0.39, 0.29) is 6.54 Å². The Kier molecular flexibility index (Phi) is 6.93. The Labute approximate surface area is 87.8 Å². The lowest BCUT2D eigenvalue weighted by Gasteiger charge is -2.22. The Morgan fingerprint density at radius 1 is 1.43 bits per heavy atom. The lowest BCUT2D eigenvalue weighted by Crippen LogP contribution is -2.37. The highest BCUT2D eigenvalue weighted by Gasteiger charge is 2.14. The molecule has 0 N–H and O–H groups in total. The molecule has 0 aliphatic carbocycles. The zero-order chi connectivity index (χ0) is 11.0. The summed E-state index contributed by atoms with van der Waals surface area (Å²) in [6.45, 7) is 8.31. The fraction of sp³-hybridized carbons (Fsp3) is 0.444. The molecule has 0 heterocycles. The van der Waals surface area contributed by atoms with Gasteiger partial charge in [-0.05, 0) is 0 Å². The van der Waals surface area contributed by atoms with Crippen LogP contribution >= 0.6 is 0 Å². The van der Waals surface area contributed by atoms with Crippen LogP contribution in [0.25, 0.3) is 0 Å².